The summed E-state index contributed by atoms with van der Waals surface area (Å²) >= 11 is 1.36. The van der Waals surface area contributed by atoms with Gasteiger partial charge in [0.25, 0.3) is 0 Å². The van der Waals surface area contributed by atoms with Crippen LogP contribution in [0.5, 0.6) is 0 Å². The van der Waals surface area contributed by atoms with Crippen LogP contribution in [0.2, 0.25) is 0 Å². The van der Waals surface area contributed by atoms with Gasteiger partial charge in [0, 0.05) is 22.2 Å². The molecule has 104 valence electrons. The number of hydrogen-bond donors (Lipinski definition) is 2. The summed E-state index contributed by atoms with van der Waals surface area (Å²) in [6.07, 6.45) is 2.93. The van der Waals surface area contributed by atoms with Gasteiger partial charge in [-0.2, -0.15) is 0 Å². The first kappa shape index (κ1) is 14.3. The van der Waals surface area contributed by atoms with Crippen molar-refractivity contribution in [2.24, 2.45) is 5.92 Å². The number of carboxylic acids is 1. The largest absolute Gasteiger partial charge is 0.478 e. The van der Waals surface area contributed by atoms with Crippen molar-refractivity contribution in [2.45, 2.75) is 13.8 Å². The summed E-state index contributed by atoms with van der Waals surface area (Å²) in [6, 6.07) is 7.33. The van der Waals surface area contributed by atoms with Crippen molar-refractivity contribution < 1.29 is 14.7 Å². The van der Waals surface area contributed by atoms with Gasteiger partial charge in [-0.1, -0.05) is 32.0 Å². The zero-order valence-electron chi connectivity index (χ0n) is 11.2. The normalized spacial score (nSPS) is 11.3. The molecule has 1 aromatic heterocycles. The third-order valence-corrected chi connectivity index (χ3v) is 3.94. The second kappa shape index (κ2) is 5.88. The summed E-state index contributed by atoms with van der Waals surface area (Å²) in [5, 5.41) is 13.5. The molecule has 5 heteroatoms. The Kier molecular flexibility index (Phi) is 4.20. The van der Waals surface area contributed by atoms with Crippen LogP contribution in [0, 0.1) is 5.92 Å². The van der Waals surface area contributed by atoms with Crippen molar-refractivity contribution in [3.63, 3.8) is 0 Å². The van der Waals surface area contributed by atoms with E-state index >= 15 is 0 Å². The van der Waals surface area contributed by atoms with Crippen LogP contribution in [0.25, 0.3) is 10.1 Å². The minimum absolute atomic E-state index is 0.00418. The third kappa shape index (κ3) is 2.88. The number of thiophene rings is 1. The number of ketones is 1. The molecule has 2 N–H and O–H groups in total. The van der Waals surface area contributed by atoms with Crippen LogP contribution in [0.3, 0.4) is 0 Å². The lowest BCUT2D eigenvalue weighted by atomic mass is 10.1. The predicted molar refractivity (Wildman–Crippen MR) is 81.4 cm³/mol. The molecule has 0 aliphatic rings. The summed E-state index contributed by atoms with van der Waals surface area (Å²) in [5.74, 6) is -1.06. The molecule has 0 amide bonds. The number of allylic oxidation sites excluding steroid dienone is 1. The number of benzene rings is 1. The maximum Gasteiger partial charge on any atom is 0.339 e. The molecule has 0 saturated carbocycles. The van der Waals surface area contributed by atoms with Gasteiger partial charge in [0.2, 0.25) is 0 Å². The number of aromatic carboxylic acids is 1. The van der Waals surface area contributed by atoms with E-state index in [1.54, 1.807) is 6.07 Å². The maximum atomic E-state index is 11.5. The zero-order valence-corrected chi connectivity index (χ0v) is 12.0. The Hall–Kier alpha value is -2.14. The van der Waals surface area contributed by atoms with E-state index in [9.17, 15) is 14.7 Å². The molecule has 0 atom stereocenters. The van der Waals surface area contributed by atoms with E-state index in [2.05, 4.69) is 5.32 Å². The van der Waals surface area contributed by atoms with Crippen molar-refractivity contribution in [3.8, 4) is 0 Å². The Morgan fingerprint density at radius 1 is 1.30 bits per heavy atom. The second-order valence-electron chi connectivity index (χ2n) is 4.64. The van der Waals surface area contributed by atoms with Crippen LogP contribution in [0.1, 0.15) is 24.2 Å². The fourth-order valence-corrected chi connectivity index (χ4v) is 2.82. The highest BCUT2D eigenvalue weighted by Crippen LogP contribution is 2.35. The molecule has 0 bridgehead atoms. The molecule has 0 spiro atoms. The quantitative estimate of drug-likeness (QED) is 0.823. The van der Waals surface area contributed by atoms with Crippen LogP contribution in [0.15, 0.2) is 36.5 Å². The van der Waals surface area contributed by atoms with Gasteiger partial charge >= 0.3 is 5.97 Å². The van der Waals surface area contributed by atoms with Gasteiger partial charge in [0.15, 0.2) is 5.78 Å². The molecule has 0 unspecified atom stereocenters. The first-order valence-electron chi connectivity index (χ1n) is 6.22. The average Bonchev–Trinajstić information content (AvgIpc) is 2.76. The van der Waals surface area contributed by atoms with E-state index in [1.165, 1.54) is 23.6 Å². The lowest BCUT2D eigenvalue weighted by molar-refractivity contribution is -0.117. The summed E-state index contributed by atoms with van der Waals surface area (Å²) in [5.41, 5.74) is 0.243. The standard InChI is InChI=1S/C15H15NO3S/c1-9(2)11(17)7-8-16-14-13(15(18)19)10-5-3-4-6-12(10)20-14/h3-9,16H,1-2H3,(H,18,19)/b8-7+. The van der Waals surface area contributed by atoms with Gasteiger partial charge < -0.3 is 10.4 Å². The van der Waals surface area contributed by atoms with E-state index < -0.39 is 5.97 Å². The van der Waals surface area contributed by atoms with Crippen LogP contribution >= 0.6 is 11.3 Å². The zero-order chi connectivity index (χ0) is 14.7. The Morgan fingerprint density at radius 2 is 2.00 bits per heavy atom. The van der Waals surface area contributed by atoms with Gasteiger partial charge in [-0.15, -0.1) is 11.3 Å². The highest BCUT2D eigenvalue weighted by Gasteiger charge is 2.17. The molecule has 0 aliphatic heterocycles. The number of anilines is 1. The topological polar surface area (TPSA) is 66.4 Å². The number of carbonyl (C=O) groups excluding carboxylic acids is 1. The van der Waals surface area contributed by atoms with E-state index in [-0.39, 0.29) is 17.3 Å². The van der Waals surface area contributed by atoms with Crippen molar-refractivity contribution in [3.05, 3.63) is 42.1 Å². The van der Waals surface area contributed by atoms with Crippen LogP contribution in [0.4, 0.5) is 5.00 Å². The van der Waals surface area contributed by atoms with Crippen LogP contribution in [-0.2, 0) is 4.79 Å². The van der Waals surface area contributed by atoms with Gasteiger partial charge in [0.1, 0.15) is 10.6 Å². The first-order valence-corrected chi connectivity index (χ1v) is 7.04. The minimum atomic E-state index is -0.978. The van der Waals surface area contributed by atoms with E-state index in [1.807, 2.05) is 32.0 Å². The molecule has 1 heterocycles. The summed E-state index contributed by atoms with van der Waals surface area (Å²) < 4.78 is 0.899. The van der Waals surface area contributed by atoms with Crippen LogP contribution < -0.4 is 5.32 Å². The minimum Gasteiger partial charge on any atom is -0.478 e. The van der Waals surface area contributed by atoms with E-state index in [4.69, 9.17) is 0 Å². The van der Waals surface area contributed by atoms with E-state index in [0.29, 0.717) is 10.4 Å². The number of carbonyl (C=O) groups is 2. The van der Waals surface area contributed by atoms with Crippen molar-refractivity contribution in [1.29, 1.82) is 0 Å². The average molecular weight is 289 g/mol. The van der Waals surface area contributed by atoms with Gasteiger partial charge in [-0.25, -0.2) is 4.79 Å². The number of carboxylic acid groups (broad SMARTS) is 1. The number of hydrogen-bond acceptors (Lipinski definition) is 4. The molecule has 1 aromatic carbocycles. The Bertz CT molecular complexity index is 685. The van der Waals surface area contributed by atoms with Crippen molar-refractivity contribution in [2.75, 3.05) is 5.32 Å². The molecular weight excluding hydrogens is 274 g/mol. The monoisotopic (exact) mass is 289 g/mol. The number of rotatable bonds is 5. The predicted octanol–water partition coefficient (Wildman–Crippen LogP) is 3.75. The molecule has 4 nitrogen and oxygen atoms in total. The van der Waals surface area contributed by atoms with E-state index in [0.717, 1.165) is 4.70 Å². The van der Waals surface area contributed by atoms with Gasteiger partial charge in [0.05, 0.1) is 0 Å². The highest BCUT2D eigenvalue weighted by molar-refractivity contribution is 7.23. The number of nitrogens with one attached hydrogen (secondary N) is 1. The Labute approximate surface area is 120 Å². The fraction of sp³-hybridized carbons (Fsp3) is 0.200. The van der Waals surface area contributed by atoms with Gasteiger partial charge in [-0.05, 0) is 12.1 Å². The molecule has 0 aliphatic carbocycles. The molecule has 0 fully saturated rings. The highest BCUT2D eigenvalue weighted by atomic mass is 32.1. The lowest BCUT2D eigenvalue weighted by Crippen LogP contribution is -2.04. The molecule has 2 rings (SSSR count). The van der Waals surface area contributed by atoms with Gasteiger partial charge in [-0.3, -0.25) is 4.79 Å². The molecule has 2 aromatic rings. The second-order valence-corrected chi connectivity index (χ2v) is 5.69. The summed E-state index contributed by atoms with van der Waals surface area (Å²) in [4.78, 5) is 22.9. The van der Waals surface area contributed by atoms with Crippen molar-refractivity contribution in [1.82, 2.24) is 0 Å². The summed E-state index contributed by atoms with van der Waals surface area (Å²) in [7, 11) is 0. The maximum absolute atomic E-state index is 11.5. The third-order valence-electron chi connectivity index (χ3n) is 2.84. The summed E-state index contributed by atoms with van der Waals surface area (Å²) in [6.45, 7) is 3.63. The molecular formula is C15H15NO3S. The first-order chi connectivity index (χ1) is 9.50. The molecule has 20 heavy (non-hydrogen) atoms. The molecule has 0 radical (unpaired) electrons. The molecule has 0 saturated heterocycles. The fourth-order valence-electron chi connectivity index (χ4n) is 1.75. The van der Waals surface area contributed by atoms with Crippen LogP contribution in [-0.4, -0.2) is 16.9 Å². The Morgan fingerprint density at radius 3 is 2.65 bits per heavy atom. The lowest BCUT2D eigenvalue weighted by Gasteiger charge is -2.00. The van der Waals surface area contributed by atoms with Crippen molar-refractivity contribution >= 4 is 38.2 Å². The Balaban J connectivity index is 2.32. The SMILES string of the molecule is CC(C)C(=O)/C=C/Nc1sc2ccccc2c1C(=O)O. The smallest absolute Gasteiger partial charge is 0.339 e. The number of fused-ring (bicyclic) bond motifs is 1.